The Kier molecular flexibility index (Phi) is 4.36. The summed E-state index contributed by atoms with van der Waals surface area (Å²) in [6.45, 7) is -0.0289. The molecular formula is C12H16BrN3O3. The number of nitro groups is 1. The van der Waals surface area contributed by atoms with E-state index in [1.807, 2.05) is 0 Å². The molecule has 0 aliphatic heterocycles. The highest BCUT2D eigenvalue weighted by molar-refractivity contribution is 9.10. The molecular weight excluding hydrogens is 314 g/mol. The number of aromatic nitrogens is 1. The second kappa shape index (κ2) is 5.83. The van der Waals surface area contributed by atoms with Crippen LogP contribution in [0.1, 0.15) is 32.1 Å². The van der Waals surface area contributed by atoms with Gasteiger partial charge in [-0.3, -0.25) is 15.1 Å². The molecule has 0 radical (unpaired) electrons. The van der Waals surface area contributed by atoms with Gasteiger partial charge in [0, 0.05) is 6.20 Å². The highest BCUT2D eigenvalue weighted by atomic mass is 79.9. The number of anilines is 1. The molecule has 0 atom stereocenters. The summed E-state index contributed by atoms with van der Waals surface area (Å²) in [6, 6.07) is 0. The number of hydrogen-bond donors (Lipinski definition) is 2. The fraction of sp³-hybridized carbons (Fsp3) is 0.583. The summed E-state index contributed by atoms with van der Waals surface area (Å²) in [5.74, 6) is 0. The number of aliphatic hydroxyl groups excluding tert-OH is 1. The maximum absolute atomic E-state index is 11.1. The van der Waals surface area contributed by atoms with Gasteiger partial charge < -0.3 is 10.4 Å². The van der Waals surface area contributed by atoms with E-state index in [0.29, 0.717) is 10.2 Å². The second-order valence-electron chi connectivity index (χ2n) is 4.90. The van der Waals surface area contributed by atoms with Crippen molar-refractivity contribution in [1.82, 2.24) is 4.98 Å². The fourth-order valence-electron chi connectivity index (χ4n) is 2.50. The van der Waals surface area contributed by atoms with Gasteiger partial charge in [-0.2, -0.15) is 0 Å². The molecule has 1 fully saturated rings. The Labute approximate surface area is 119 Å². The van der Waals surface area contributed by atoms with Gasteiger partial charge in [0.25, 0.3) is 0 Å². The van der Waals surface area contributed by atoms with Crippen LogP contribution in [0.3, 0.4) is 0 Å². The first kappa shape index (κ1) is 14.2. The third-order valence-electron chi connectivity index (χ3n) is 3.58. The van der Waals surface area contributed by atoms with E-state index in [2.05, 4.69) is 26.2 Å². The maximum atomic E-state index is 11.1. The molecule has 1 saturated carbocycles. The predicted molar refractivity (Wildman–Crippen MR) is 75.1 cm³/mol. The van der Waals surface area contributed by atoms with E-state index in [1.165, 1.54) is 12.4 Å². The summed E-state index contributed by atoms with van der Waals surface area (Å²) in [7, 11) is 0. The third kappa shape index (κ3) is 3.03. The summed E-state index contributed by atoms with van der Waals surface area (Å²) in [6.07, 6.45) is 7.55. The third-order valence-corrected chi connectivity index (χ3v) is 4.18. The highest BCUT2D eigenvalue weighted by Crippen LogP contribution is 2.37. The molecule has 19 heavy (non-hydrogen) atoms. The molecule has 2 N–H and O–H groups in total. The smallest absolute Gasteiger partial charge is 0.311 e. The Morgan fingerprint density at radius 1 is 1.42 bits per heavy atom. The lowest BCUT2D eigenvalue weighted by molar-refractivity contribution is -0.384. The summed E-state index contributed by atoms with van der Waals surface area (Å²) < 4.78 is 0.542. The SMILES string of the molecule is O=[N+]([O-])c1cncc(Br)c1NC1(CO)CCCCC1. The van der Waals surface area contributed by atoms with Crippen molar-refractivity contribution in [3.05, 3.63) is 27.0 Å². The van der Waals surface area contributed by atoms with E-state index in [9.17, 15) is 15.2 Å². The van der Waals surface area contributed by atoms with Crippen molar-refractivity contribution < 1.29 is 10.0 Å². The lowest BCUT2D eigenvalue weighted by atomic mass is 9.82. The van der Waals surface area contributed by atoms with Crippen LogP contribution in [0.25, 0.3) is 0 Å². The Morgan fingerprint density at radius 2 is 2.11 bits per heavy atom. The van der Waals surface area contributed by atoms with E-state index >= 15 is 0 Å². The number of hydrogen-bond acceptors (Lipinski definition) is 5. The Hall–Kier alpha value is -1.21. The predicted octanol–water partition coefficient (Wildman–Crippen LogP) is 2.86. The molecule has 0 saturated heterocycles. The molecule has 6 nitrogen and oxygen atoms in total. The van der Waals surface area contributed by atoms with Crippen LogP contribution in [0.2, 0.25) is 0 Å². The van der Waals surface area contributed by atoms with Crippen molar-refractivity contribution >= 4 is 27.3 Å². The molecule has 7 heteroatoms. The van der Waals surface area contributed by atoms with Crippen LogP contribution in [0, 0.1) is 10.1 Å². The van der Waals surface area contributed by atoms with Crippen LogP contribution < -0.4 is 5.32 Å². The number of rotatable bonds is 4. The molecule has 1 aromatic heterocycles. The van der Waals surface area contributed by atoms with Gasteiger partial charge in [0.2, 0.25) is 0 Å². The van der Waals surface area contributed by atoms with Crippen LogP contribution in [0.5, 0.6) is 0 Å². The molecule has 1 heterocycles. The topological polar surface area (TPSA) is 88.3 Å². The number of nitrogens with zero attached hydrogens (tertiary/aromatic N) is 2. The zero-order valence-corrected chi connectivity index (χ0v) is 12.0. The minimum atomic E-state index is -0.465. The molecule has 1 aliphatic carbocycles. The van der Waals surface area contributed by atoms with Gasteiger partial charge in [-0.05, 0) is 28.8 Å². The van der Waals surface area contributed by atoms with Crippen molar-refractivity contribution in [1.29, 1.82) is 0 Å². The maximum Gasteiger partial charge on any atom is 0.311 e. The van der Waals surface area contributed by atoms with Crippen LogP contribution in [0.15, 0.2) is 16.9 Å². The first-order valence-corrected chi connectivity index (χ1v) is 7.04. The normalized spacial score (nSPS) is 18.0. The summed E-state index contributed by atoms with van der Waals surface area (Å²) >= 11 is 3.28. The van der Waals surface area contributed by atoms with Gasteiger partial charge in [0.05, 0.1) is 21.5 Å². The lowest BCUT2D eigenvalue weighted by Crippen LogP contribution is -2.44. The van der Waals surface area contributed by atoms with Crippen molar-refractivity contribution in [3.63, 3.8) is 0 Å². The number of aliphatic hydroxyl groups is 1. The summed E-state index contributed by atoms with van der Waals surface area (Å²) in [5.41, 5.74) is -0.143. The van der Waals surface area contributed by atoms with Crippen LogP contribution in [-0.2, 0) is 0 Å². The zero-order chi connectivity index (χ0) is 13.9. The van der Waals surface area contributed by atoms with Gasteiger partial charge in [0.15, 0.2) is 0 Å². The fourth-order valence-corrected chi connectivity index (χ4v) is 2.92. The van der Waals surface area contributed by atoms with Gasteiger partial charge in [-0.1, -0.05) is 19.3 Å². The van der Waals surface area contributed by atoms with Gasteiger partial charge >= 0.3 is 5.69 Å². The quantitative estimate of drug-likeness (QED) is 0.655. The molecule has 0 aromatic carbocycles. The molecule has 0 spiro atoms. The van der Waals surface area contributed by atoms with Crippen LogP contribution >= 0.6 is 15.9 Å². The van der Waals surface area contributed by atoms with Crippen molar-refractivity contribution in [2.75, 3.05) is 11.9 Å². The number of pyridine rings is 1. The number of nitrogens with one attached hydrogen (secondary N) is 1. The van der Waals surface area contributed by atoms with E-state index in [-0.39, 0.29) is 12.3 Å². The van der Waals surface area contributed by atoms with Crippen molar-refractivity contribution in [2.24, 2.45) is 0 Å². The van der Waals surface area contributed by atoms with Crippen molar-refractivity contribution in [3.8, 4) is 0 Å². The molecule has 0 amide bonds. The average molecular weight is 330 g/mol. The monoisotopic (exact) mass is 329 g/mol. The Bertz CT molecular complexity index is 475. The van der Waals surface area contributed by atoms with E-state index in [4.69, 9.17) is 0 Å². The molecule has 1 aliphatic rings. The van der Waals surface area contributed by atoms with Crippen LogP contribution in [0.4, 0.5) is 11.4 Å². The van der Waals surface area contributed by atoms with Crippen LogP contribution in [-0.4, -0.2) is 27.2 Å². The lowest BCUT2D eigenvalue weighted by Gasteiger charge is -2.37. The Balaban J connectivity index is 2.33. The molecule has 104 valence electrons. The minimum absolute atomic E-state index is 0.0289. The largest absolute Gasteiger partial charge is 0.394 e. The van der Waals surface area contributed by atoms with E-state index in [0.717, 1.165) is 32.1 Å². The highest BCUT2D eigenvalue weighted by Gasteiger charge is 2.34. The van der Waals surface area contributed by atoms with Gasteiger partial charge in [-0.25, -0.2) is 0 Å². The Morgan fingerprint density at radius 3 is 2.68 bits per heavy atom. The molecule has 2 rings (SSSR count). The number of halogens is 1. The minimum Gasteiger partial charge on any atom is -0.394 e. The first-order chi connectivity index (χ1) is 9.08. The van der Waals surface area contributed by atoms with Crippen molar-refractivity contribution in [2.45, 2.75) is 37.6 Å². The molecule has 1 aromatic rings. The van der Waals surface area contributed by atoms with E-state index in [1.54, 1.807) is 0 Å². The zero-order valence-electron chi connectivity index (χ0n) is 10.4. The summed E-state index contributed by atoms with van der Waals surface area (Å²) in [5, 5.41) is 23.9. The summed E-state index contributed by atoms with van der Waals surface area (Å²) in [4.78, 5) is 14.4. The van der Waals surface area contributed by atoms with Gasteiger partial charge in [-0.15, -0.1) is 0 Å². The average Bonchev–Trinajstić information content (AvgIpc) is 2.42. The molecule has 0 bridgehead atoms. The second-order valence-corrected chi connectivity index (χ2v) is 5.75. The van der Waals surface area contributed by atoms with E-state index < -0.39 is 10.5 Å². The van der Waals surface area contributed by atoms with Gasteiger partial charge in [0.1, 0.15) is 11.9 Å². The first-order valence-electron chi connectivity index (χ1n) is 6.25. The standard InChI is InChI=1S/C12H16BrN3O3/c13-9-6-14-7-10(16(18)19)11(9)15-12(8-17)4-2-1-3-5-12/h6-7,17H,1-5,8H2,(H,14,15). The molecule has 0 unspecified atom stereocenters.